The third-order valence-corrected chi connectivity index (χ3v) is 12.7. The summed E-state index contributed by atoms with van der Waals surface area (Å²) in [4.78, 5) is 30.6. The summed E-state index contributed by atoms with van der Waals surface area (Å²) in [5.74, 6) is 1.01. The van der Waals surface area contributed by atoms with E-state index in [2.05, 4.69) is 37.5 Å². The van der Waals surface area contributed by atoms with Crippen LogP contribution >= 0.6 is 0 Å². The van der Waals surface area contributed by atoms with E-state index >= 15 is 0 Å². The lowest BCUT2D eigenvalue weighted by molar-refractivity contribution is -0.146. The molecule has 2 unspecified atom stereocenters. The maximum Gasteiger partial charge on any atom is 0.305 e. The highest BCUT2D eigenvalue weighted by molar-refractivity contribution is 5.69. The standard InChI is InChI=1S/C51H100N2O5/c1-5-9-13-17-19-25-33-47(31-23-15-11-7-3)45-57-50(55)35-27-21-29-39-52(41-42-53(43-44-54)49-37-38-49)40-30-22-28-36-51(56)58-46-48(32-24-16-12-8-4)34-26-20-18-14-10-6-2/h47-49,54H,5-46H2,1-4H3. The van der Waals surface area contributed by atoms with Gasteiger partial charge in [-0.25, -0.2) is 0 Å². The largest absolute Gasteiger partial charge is 0.465 e. The summed E-state index contributed by atoms with van der Waals surface area (Å²) in [6.45, 7) is 15.3. The highest BCUT2D eigenvalue weighted by atomic mass is 16.5. The Kier molecular flexibility index (Phi) is 38.9. The summed E-state index contributed by atoms with van der Waals surface area (Å²) < 4.78 is 11.7. The third kappa shape index (κ3) is 34.5. The number of rotatable bonds is 46. The molecule has 0 amide bonds. The molecule has 0 bridgehead atoms. The second-order valence-electron chi connectivity index (χ2n) is 18.4. The molecule has 58 heavy (non-hydrogen) atoms. The zero-order chi connectivity index (χ0) is 42.2. The molecule has 1 aliphatic carbocycles. The van der Waals surface area contributed by atoms with Gasteiger partial charge in [0.25, 0.3) is 0 Å². The van der Waals surface area contributed by atoms with Gasteiger partial charge in [-0.15, -0.1) is 0 Å². The Bertz CT molecular complexity index is 840. The fourth-order valence-electron chi connectivity index (χ4n) is 8.55. The van der Waals surface area contributed by atoms with Crippen molar-refractivity contribution in [1.29, 1.82) is 0 Å². The maximum absolute atomic E-state index is 12.8. The minimum Gasteiger partial charge on any atom is -0.465 e. The average molecular weight is 821 g/mol. The third-order valence-electron chi connectivity index (χ3n) is 12.7. The number of ether oxygens (including phenoxy) is 2. The summed E-state index contributed by atoms with van der Waals surface area (Å²) in [7, 11) is 0. The van der Waals surface area contributed by atoms with Crippen LogP contribution in [0.1, 0.15) is 246 Å². The SMILES string of the molecule is CCCCCCCCC(CCCCCC)COC(=O)CCCCCN(CCCCCC(=O)OCC(CCCCCC)CCCCCCCC)CCN(CCO)C1CC1. The smallest absolute Gasteiger partial charge is 0.305 e. The Morgan fingerprint density at radius 2 is 0.828 bits per heavy atom. The molecule has 0 spiro atoms. The second-order valence-corrected chi connectivity index (χ2v) is 18.4. The fraction of sp³-hybridized carbons (Fsp3) is 0.961. The van der Waals surface area contributed by atoms with Gasteiger partial charge in [-0.05, 0) is 89.1 Å². The van der Waals surface area contributed by atoms with Crippen molar-refractivity contribution >= 4 is 11.9 Å². The number of carbonyl (C=O) groups excluding carboxylic acids is 2. The van der Waals surface area contributed by atoms with E-state index in [1.807, 2.05) is 0 Å². The van der Waals surface area contributed by atoms with Gasteiger partial charge in [0.15, 0.2) is 0 Å². The van der Waals surface area contributed by atoms with E-state index < -0.39 is 0 Å². The molecule has 344 valence electrons. The number of nitrogens with zero attached hydrogens (tertiary/aromatic N) is 2. The average Bonchev–Trinajstić information content (AvgIpc) is 4.08. The van der Waals surface area contributed by atoms with Crippen molar-refractivity contribution in [3.8, 4) is 0 Å². The first-order valence-electron chi connectivity index (χ1n) is 25.9. The van der Waals surface area contributed by atoms with Gasteiger partial charge in [-0.3, -0.25) is 14.5 Å². The molecule has 1 rings (SSSR count). The highest BCUT2D eigenvalue weighted by Crippen LogP contribution is 2.26. The van der Waals surface area contributed by atoms with Crippen molar-refractivity contribution in [3.05, 3.63) is 0 Å². The van der Waals surface area contributed by atoms with E-state index in [4.69, 9.17) is 9.47 Å². The molecule has 7 heteroatoms. The van der Waals surface area contributed by atoms with Gasteiger partial charge in [0.05, 0.1) is 19.8 Å². The molecule has 2 atom stereocenters. The van der Waals surface area contributed by atoms with Crippen molar-refractivity contribution in [1.82, 2.24) is 9.80 Å². The lowest BCUT2D eigenvalue weighted by Crippen LogP contribution is -2.38. The minimum atomic E-state index is -0.0127. The van der Waals surface area contributed by atoms with Gasteiger partial charge >= 0.3 is 11.9 Å². The van der Waals surface area contributed by atoms with E-state index in [1.165, 1.54) is 167 Å². The van der Waals surface area contributed by atoms with Crippen LogP contribution in [-0.2, 0) is 19.1 Å². The van der Waals surface area contributed by atoms with Crippen LogP contribution in [0.3, 0.4) is 0 Å². The topological polar surface area (TPSA) is 79.3 Å². The van der Waals surface area contributed by atoms with Crippen molar-refractivity contribution in [2.45, 2.75) is 252 Å². The van der Waals surface area contributed by atoms with Crippen LogP contribution < -0.4 is 0 Å². The van der Waals surface area contributed by atoms with Crippen LogP contribution in [0.15, 0.2) is 0 Å². The number of hydrogen-bond acceptors (Lipinski definition) is 7. The minimum absolute atomic E-state index is 0.0127. The number of aliphatic hydroxyl groups is 1. The van der Waals surface area contributed by atoms with Crippen LogP contribution in [-0.4, -0.2) is 85.4 Å². The van der Waals surface area contributed by atoms with Crippen LogP contribution in [0.2, 0.25) is 0 Å². The Hall–Kier alpha value is -1.18. The summed E-state index contributed by atoms with van der Waals surface area (Å²) in [5.41, 5.74) is 0. The zero-order valence-electron chi connectivity index (χ0n) is 39.4. The predicted molar refractivity (Wildman–Crippen MR) is 247 cm³/mol. The molecule has 0 heterocycles. The molecule has 0 saturated heterocycles. The summed E-state index contributed by atoms with van der Waals surface area (Å²) in [6.07, 6.45) is 40.4. The van der Waals surface area contributed by atoms with E-state index in [9.17, 15) is 14.7 Å². The number of unbranched alkanes of at least 4 members (excludes halogenated alkanes) is 20. The first-order valence-corrected chi connectivity index (χ1v) is 25.9. The van der Waals surface area contributed by atoms with Crippen molar-refractivity contribution < 1.29 is 24.2 Å². The lowest BCUT2D eigenvalue weighted by atomic mass is 9.95. The Balaban J connectivity index is 2.44. The molecule has 0 aliphatic heterocycles. The molecule has 1 aliphatic rings. The molecule has 7 nitrogen and oxygen atoms in total. The first-order chi connectivity index (χ1) is 28.5. The summed E-state index contributed by atoms with van der Waals surface area (Å²) in [5, 5.41) is 9.64. The molecular weight excluding hydrogens is 721 g/mol. The Morgan fingerprint density at radius 3 is 1.21 bits per heavy atom. The van der Waals surface area contributed by atoms with Gasteiger partial charge in [0.2, 0.25) is 0 Å². The van der Waals surface area contributed by atoms with Gasteiger partial charge in [0.1, 0.15) is 0 Å². The fourth-order valence-corrected chi connectivity index (χ4v) is 8.55. The first kappa shape index (κ1) is 54.8. The van der Waals surface area contributed by atoms with Gasteiger partial charge in [0, 0.05) is 38.5 Å². The number of esters is 2. The molecule has 1 fully saturated rings. The predicted octanol–water partition coefficient (Wildman–Crippen LogP) is 13.6. The van der Waals surface area contributed by atoms with E-state index in [-0.39, 0.29) is 18.5 Å². The second kappa shape index (κ2) is 41.2. The molecule has 0 aromatic heterocycles. The molecule has 1 saturated carbocycles. The van der Waals surface area contributed by atoms with Gasteiger partial charge in [-0.1, -0.05) is 169 Å². The van der Waals surface area contributed by atoms with Crippen LogP contribution in [0.25, 0.3) is 0 Å². The van der Waals surface area contributed by atoms with Gasteiger partial charge in [-0.2, -0.15) is 0 Å². The highest BCUT2D eigenvalue weighted by Gasteiger charge is 2.28. The molecule has 1 N–H and O–H groups in total. The van der Waals surface area contributed by atoms with Crippen molar-refractivity contribution in [3.63, 3.8) is 0 Å². The normalized spacial score (nSPS) is 14.1. The maximum atomic E-state index is 12.8. The molecular formula is C51H100N2O5. The Morgan fingerprint density at radius 1 is 0.466 bits per heavy atom. The van der Waals surface area contributed by atoms with E-state index in [0.29, 0.717) is 43.9 Å². The van der Waals surface area contributed by atoms with Crippen molar-refractivity contribution in [2.75, 3.05) is 52.5 Å². The zero-order valence-corrected chi connectivity index (χ0v) is 39.4. The number of hydrogen-bond donors (Lipinski definition) is 1. The molecule has 0 aromatic rings. The number of aliphatic hydroxyl groups excluding tert-OH is 1. The van der Waals surface area contributed by atoms with Crippen LogP contribution in [0.4, 0.5) is 0 Å². The van der Waals surface area contributed by atoms with Crippen LogP contribution in [0, 0.1) is 11.8 Å². The monoisotopic (exact) mass is 821 g/mol. The number of carbonyl (C=O) groups is 2. The van der Waals surface area contributed by atoms with Crippen LogP contribution in [0.5, 0.6) is 0 Å². The lowest BCUT2D eigenvalue weighted by Gasteiger charge is -2.27. The summed E-state index contributed by atoms with van der Waals surface area (Å²) >= 11 is 0. The van der Waals surface area contributed by atoms with E-state index in [0.717, 1.165) is 71.2 Å². The summed E-state index contributed by atoms with van der Waals surface area (Å²) in [6, 6.07) is 0.648. The quantitative estimate of drug-likeness (QED) is 0.0484. The van der Waals surface area contributed by atoms with Crippen molar-refractivity contribution in [2.24, 2.45) is 11.8 Å². The Labute approximate surface area is 361 Å². The van der Waals surface area contributed by atoms with Gasteiger partial charge < -0.3 is 19.5 Å². The molecule has 0 aromatic carbocycles. The van der Waals surface area contributed by atoms with E-state index in [1.54, 1.807) is 0 Å². The molecule has 0 radical (unpaired) electrons.